The Balaban J connectivity index is 0.00000342. The standard InChI is InChI=1S/C26H22F3N4O.H2N.2H2O.U/c27-26(28,29)20-11-7-12-21(17-20)31-25(34)30-16-8-13-22-18-24(19-9-3-1-4-10-19)33(32-22)23-14-5-2-6-15-23;;;;/h1,3-7,9-12,14-15,17-18H,8,13,16H2,(H2,30,31,34);3*1H2;/q2*-1;;;+2. The van der Waals surface area contributed by atoms with Crippen molar-refractivity contribution in [2.75, 3.05) is 11.9 Å². The monoisotopic (exact) mass is 753 g/mol. The Morgan fingerprint density at radius 1 is 0.947 bits per heavy atom. The second kappa shape index (κ2) is 16.0. The van der Waals surface area contributed by atoms with E-state index in [4.69, 9.17) is 5.10 Å². The van der Waals surface area contributed by atoms with Crippen molar-refractivity contribution in [1.82, 2.24) is 15.1 Å². The largest absolute Gasteiger partial charge is 2.00 e. The van der Waals surface area contributed by atoms with Crippen molar-refractivity contribution in [3.05, 3.63) is 108 Å². The molecular formula is C26H28F3N5O3U. The molecule has 0 spiro atoms. The Morgan fingerprint density at radius 3 is 2.29 bits per heavy atom. The van der Waals surface area contributed by atoms with E-state index >= 15 is 0 Å². The van der Waals surface area contributed by atoms with Crippen LogP contribution < -0.4 is 10.6 Å². The van der Waals surface area contributed by atoms with Crippen LogP contribution in [0.4, 0.5) is 23.7 Å². The zero-order valence-corrected chi connectivity index (χ0v) is 24.4. The fourth-order valence-corrected chi connectivity index (χ4v) is 3.50. The molecule has 8 nitrogen and oxygen atoms in total. The van der Waals surface area contributed by atoms with Gasteiger partial charge >= 0.3 is 43.3 Å². The number of hydrogen-bond acceptors (Lipinski definition) is 2. The molecule has 0 radical (unpaired) electrons. The molecule has 0 fully saturated rings. The van der Waals surface area contributed by atoms with Gasteiger partial charge in [-0.2, -0.15) is 36.5 Å². The molecular weight excluding hydrogens is 725 g/mol. The van der Waals surface area contributed by atoms with Crippen LogP contribution in [0.15, 0.2) is 84.9 Å². The molecule has 200 valence electrons. The van der Waals surface area contributed by atoms with E-state index in [0.29, 0.717) is 19.4 Å². The summed E-state index contributed by atoms with van der Waals surface area (Å²) in [7, 11) is 0. The fourth-order valence-electron chi connectivity index (χ4n) is 3.50. The summed E-state index contributed by atoms with van der Waals surface area (Å²) >= 11 is 0. The number of halogens is 3. The van der Waals surface area contributed by atoms with Crippen LogP contribution >= 0.6 is 0 Å². The Kier molecular flexibility index (Phi) is 14.6. The number of alkyl halides is 3. The van der Waals surface area contributed by atoms with Crippen molar-refractivity contribution in [2.24, 2.45) is 0 Å². The Morgan fingerprint density at radius 2 is 1.63 bits per heavy atom. The molecule has 12 heteroatoms. The molecule has 4 rings (SSSR count). The minimum Gasteiger partial charge on any atom is -0.693 e. The number of aryl methyl sites for hydroxylation is 1. The van der Waals surface area contributed by atoms with Gasteiger partial charge in [-0.3, -0.25) is 4.68 Å². The summed E-state index contributed by atoms with van der Waals surface area (Å²) in [6.45, 7) is 0.346. The smallest absolute Gasteiger partial charge is 0.693 e. The zero-order valence-electron chi connectivity index (χ0n) is 20.2. The van der Waals surface area contributed by atoms with Gasteiger partial charge in [0.1, 0.15) is 0 Å². The van der Waals surface area contributed by atoms with Gasteiger partial charge in [-0.05, 0) is 42.8 Å². The number of nitrogens with one attached hydrogen (secondary N) is 2. The first kappa shape index (κ1) is 34.9. The van der Waals surface area contributed by atoms with Gasteiger partial charge < -0.3 is 27.7 Å². The number of amides is 2. The maximum atomic E-state index is 12.8. The molecule has 0 atom stereocenters. The van der Waals surface area contributed by atoms with E-state index in [9.17, 15) is 18.0 Å². The Bertz CT molecular complexity index is 1200. The number of anilines is 1. The van der Waals surface area contributed by atoms with Crippen molar-refractivity contribution >= 4 is 11.7 Å². The molecule has 0 aliphatic rings. The first-order chi connectivity index (χ1) is 16.4. The summed E-state index contributed by atoms with van der Waals surface area (Å²) in [6.07, 6.45) is -3.23. The van der Waals surface area contributed by atoms with Crippen LogP contribution in [-0.2, 0) is 12.6 Å². The normalized spacial score (nSPS) is 10.1. The number of rotatable bonds is 7. The van der Waals surface area contributed by atoms with Crippen LogP contribution in [0, 0.1) is 37.2 Å². The van der Waals surface area contributed by atoms with Crippen LogP contribution in [0.1, 0.15) is 17.7 Å². The number of hydrogen-bond donors (Lipinski definition) is 2. The summed E-state index contributed by atoms with van der Waals surface area (Å²) < 4.78 is 40.4. The van der Waals surface area contributed by atoms with Crippen molar-refractivity contribution in [3.63, 3.8) is 0 Å². The fraction of sp³-hybridized carbons (Fsp3) is 0.154. The zero-order chi connectivity index (χ0) is 24.0. The van der Waals surface area contributed by atoms with Crippen LogP contribution in [0.2, 0.25) is 0 Å². The third-order valence-corrected chi connectivity index (χ3v) is 5.12. The third-order valence-electron chi connectivity index (χ3n) is 5.12. The van der Waals surface area contributed by atoms with E-state index in [-0.39, 0.29) is 53.9 Å². The summed E-state index contributed by atoms with van der Waals surface area (Å²) in [5, 5.41) is 9.85. The number of aromatic nitrogens is 2. The molecule has 1 heterocycles. The average molecular weight is 754 g/mol. The number of nitrogens with zero attached hydrogens (tertiary/aromatic N) is 2. The van der Waals surface area contributed by atoms with Gasteiger partial charge in [0.2, 0.25) is 0 Å². The summed E-state index contributed by atoms with van der Waals surface area (Å²) in [6, 6.07) is 26.5. The van der Waals surface area contributed by atoms with E-state index in [1.807, 2.05) is 65.3 Å². The molecule has 0 aliphatic carbocycles. The molecule has 0 unspecified atom stereocenters. The Hall–Kier alpha value is -3.14. The molecule has 8 N–H and O–H groups in total. The third kappa shape index (κ3) is 9.31. The number of nitrogens with two attached hydrogens (primary N) is 1. The van der Waals surface area contributed by atoms with Crippen molar-refractivity contribution in [1.29, 1.82) is 0 Å². The van der Waals surface area contributed by atoms with Crippen LogP contribution in [-0.4, -0.2) is 33.3 Å². The predicted octanol–water partition coefficient (Wildman–Crippen LogP) is 5.18. The topological polar surface area (TPSA) is 155 Å². The van der Waals surface area contributed by atoms with Gasteiger partial charge in [-0.25, -0.2) is 4.79 Å². The maximum Gasteiger partial charge on any atom is 2.00 e. The second-order valence-electron chi connectivity index (χ2n) is 7.62. The number of carbonyl (C=O) groups is 1. The van der Waals surface area contributed by atoms with Crippen molar-refractivity contribution < 1.29 is 60.0 Å². The van der Waals surface area contributed by atoms with Gasteiger partial charge in [0.05, 0.1) is 17.0 Å². The minimum atomic E-state index is -4.46. The van der Waals surface area contributed by atoms with E-state index in [0.717, 1.165) is 34.8 Å². The molecule has 38 heavy (non-hydrogen) atoms. The summed E-state index contributed by atoms with van der Waals surface area (Å²) in [5.74, 6) is 0. The Labute approximate surface area is 242 Å². The molecule has 4 aromatic rings. The second-order valence-corrected chi connectivity index (χ2v) is 7.62. The summed E-state index contributed by atoms with van der Waals surface area (Å²) in [4.78, 5) is 12.1. The molecule has 0 saturated heterocycles. The molecule has 3 aromatic carbocycles. The molecule has 2 amide bonds. The number of benzene rings is 3. The minimum absolute atomic E-state index is 0. The van der Waals surface area contributed by atoms with E-state index in [2.05, 4.69) is 16.7 Å². The SMILES string of the molecule is O.O.O=C(NCCCc1cc(-c2ccccc2)n(-c2cc[c-]cc2)n1)Nc1cccc(C(F)(F)F)c1.[NH2-].[U+2]. The molecule has 0 aliphatic heterocycles. The van der Waals surface area contributed by atoms with E-state index < -0.39 is 17.8 Å². The van der Waals surface area contributed by atoms with Gasteiger partial charge in [0.25, 0.3) is 0 Å². The van der Waals surface area contributed by atoms with Gasteiger partial charge in [-0.1, -0.05) is 36.4 Å². The average Bonchev–Trinajstić information content (AvgIpc) is 3.27. The van der Waals surface area contributed by atoms with E-state index in [1.165, 1.54) is 12.1 Å². The molecule has 0 bridgehead atoms. The molecule has 0 saturated carbocycles. The van der Waals surface area contributed by atoms with Crippen molar-refractivity contribution in [2.45, 2.75) is 19.0 Å². The van der Waals surface area contributed by atoms with Gasteiger partial charge in [-0.15, -0.1) is 12.1 Å². The van der Waals surface area contributed by atoms with Gasteiger partial charge in [0.15, 0.2) is 0 Å². The first-order valence-electron chi connectivity index (χ1n) is 10.7. The van der Waals surface area contributed by atoms with Crippen molar-refractivity contribution in [3.8, 4) is 16.9 Å². The van der Waals surface area contributed by atoms with Crippen LogP contribution in [0.5, 0.6) is 0 Å². The number of urea groups is 1. The maximum absolute atomic E-state index is 12.8. The first-order valence-corrected chi connectivity index (χ1v) is 10.7. The molecule has 1 aromatic heterocycles. The van der Waals surface area contributed by atoms with E-state index in [1.54, 1.807) is 0 Å². The number of carbonyl (C=O) groups excluding carboxylic acids is 1. The van der Waals surface area contributed by atoms with Crippen LogP contribution in [0.25, 0.3) is 23.1 Å². The quantitative estimate of drug-likeness (QED) is 0.197. The van der Waals surface area contributed by atoms with Gasteiger partial charge in [0, 0.05) is 17.8 Å². The predicted molar refractivity (Wildman–Crippen MR) is 137 cm³/mol. The summed E-state index contributed by atoms with van der Waals surface area (Å²) in [5.41, 5.74) is 3.05. The van der Waals surface area contributed by atoms with Crippen LogP contribution in [0.3, 0.4) is 0 Å².